The Hall–Kier alpha value is -2.99. The van der Waals surface area contributed by atoms with Gasteiger partial charge < -0.3 is 9.47 Å². The van der Waals surface area contributed by atoms with Crippen molar-refractivity contribution in [3.8, 4) is 0 Å². The standard InChI is InChI=1S/C21H22ClN3O7S/c1-14-2-4-15(5-3-14)20(27)24-23-19(26)13-32-21(28)16-6-7-17(22)18(12-16)33(29,30)25-8-10-31-11-9-25/h2-7,12H,8-11,13H2,1H3,(H,23,26)(H,24,27). The Morgan fingerprint density at radius 2 is 1.67 bits per heavy atom. The van der Waals surface area contributed by atoms with E-state index in [4.69, 9.17) is 21.1 Å². The second-order valence-corrected chi connectivity index (χ2v) is 9.42. The molecule has 0 bridgehead atoms. The van der Waals surface area contributed by atoms with Gasteiger partial charge in [-0.3, -0.25) is 20.4 Å². The number of amides is 2. The van der Waals surface area contributed by atoms with Gasteiger partial charge in [-0.25, -0.2) is 13.2 Å². The minimum absolute atomic E-state index is 0.0467. The van der Waals surface area contributed by atoms with Crippen molar-refractivity contribution in [3.05, 3.63) is 64.2 Å². The summed E-state index contributed by atoms with van der Waals surface area (Å²) in [6.07, 6.45) is 0. The lowest BCUT2D eigenvalue weighted by Crippen LogP contribution is -2.43. The van der Waals surface area contributed by atoms with Crippen LogP contribution < -0.4 is 10.9 Å². The molecule has 1 aliphatic heterocycles. The largest absolute Gasteiger partial charge is 0.452 e. The topological polar surface area (TPSA) is 131 Å². The van der Waals surface area contributed by atoms with Gasteiger partial charge in [0, 0.05) is 18.7 Å². The molecule has 10 nitrogen and oxygen atoms in total. The third-order valence-corrected chi connectivity index (χ3v) is 7.10. The van der Waals surface area contributed by atoms with Gasteiger partial charge in [-0.1, -0.05) is 29.3 Å². The number of aryl methyl sites for hydroxylation is 1. The molecule has 1 fully saturated rings. The summed E-state index contributed by atoms with van der Waals surface area (Å²) in [6.45, 7) is 2.03. The van der Waals surface area contributed by atoms with Crippen molar-refractivity contribution in [2.45, 2.75) is 11.8 Å². The number of nitrogens with one attached hydrogen (secondary N) is 2. The third kappa shape index (κ3) is 6.29. The quantitative estimate of drug-likeness (QED) is 0.456. The molecule has 33 heavy (non-hydrogen) atoms. The molecule has 0 saturated carbocycles. The molecule has 0 aliphatic carbocycles. The normalized spacial score (nSPS) is 14.4. The fraction of sp³-hybridized carbons (Fsp3) is 0.286. The third-order valence-electron chi connectivity index (χ3n) is 4.72. The van der Waals surface area contributed by atoms with Gasteiger partial charge in [-0.15, -0.1) is 0 Å². The smallest absolute Gasteiger partial charge is 0.338 e. The zero-order valence-electron chi connectivity index (χ0n) is 17.7. The highest BCUT2D eigenvalue weighted by Gasteiger charge is 2.29. The molecule has 1 aliphatic rings. The second-order valence-electron chi connectivity index (χ2n) is 7.11. The maximum absolute atomic E-state index is 12.9. The van der Waals surface area contributed by atoms with E-state index < -0.39 is 34.4 Å². The number of sulfonamides is 1. The van der Waals surface area contributed by atoms with Gasteiger partial charge in [0.15, 0.2) is 6.61 Å². The van der Waals surface area contributed by atoms with Crippen LogP contribution in [0.3, 0.4) is 0 Å². The minimum Gasteiger partial charge on any atom is -0.452 e. The van der Waals surface area contributed by atoms with E-state index in [1.807, 2.05) is 6.92 Å². The second kappa shape index (κ2) is 10.8. The molecule has 3 rings (SSSR count). The number of carbonyl (C=O) groups excluding carboxylic acids is 3. The van der Waals surface area contributed by atoms with Gasteiger partial charge in [-0.05, 0) is 37.3 Å². The zero-order valence-corrected chi connectivity index (χ0v) is 19.2. The number of hydrogen-bond acceptors (Lipinski definition) is 7. The van der Waals surface area contributed by atoms with E-state index in [0.29, 0.717) is 5.56 Å². The van der Waals surface area contributed by atoms with Crippen LogP contribution in [0.15, 0.2) is 47.4 Å². The molecule has 2 aromatic rings. The predicted octanol–water partition coefficient (Wildman–Crippen LogP) is 1.29. The van der Waals surface area contributed by atoms with E-state index in [9.17, 15) is 22.8 Å². The summed E-state index contributed by atoms with van der Waals surface area (Å²) in [4.78, 5) is 36.0. The number of esters is 1. The van der Waals surface area contributed by atoms with Gasteiger partial charge in [0.05, 0.1) is 23.8 Å². The van der Waals surface area contributed by atoms with Crippen LogP contribution >= 0.6 is 11.6 Å². The molecular formula is C21H22ClN3O7S. The first kappa shape index (κ1) is 24.6. The molecule has 12 heteroatoms. The van der Waals surface area contributed by atoms with Gasteiger partial charge in [0.1, 0.15) is 4.90 Å². The fourth-order valence-electron chi connectivity index (χ4n) is 2.91. The van der Waals surface area contributed by atoms with E-state index >= 15 is 0 Å². The lowest BCUT2D eigenvalue weighted by Gasteiger charge is -2.26. The summed E-state index contributed by atoms with van der Waals surface area (Å²) in [5, 5.41) is -0.0467. The molecule has 0 aromatic heterocycles. The molecule has 2 N–H and O–H groups in total. The molecule has 0 unspecified atom stereocenters. The summed E-state index contributed by atoms with van der Waals surface area (Å²) >= 11 is 6.07. The SMILES string of the molecule is Cc1ccc(C(=O)NNC(=O)COC(=O)c2ccc(Cl)c(S(=O)(=O)N3CCOCC3)c2)cc1. The number of morpholine rings is 1. The summed E-state index contributed by atoms with van der Waals surface area (Å²) < 4.78 is 37.0. The van der Waals surface area contributed by atoms with Crippen LogP contribution in [0.2, 0.25) is 5.02 Å². The number of hydrogen-bond donors (Lipinski definition) is 2. The predicted molar refractivity (Wildman–Crippen MR) is 118 cm³/mol. The van der Waals surface area contributed by atoms with Crippen molar-refractivity contribution in [2.75, 3.05) is 32.9 Å². The Labute approximate surface area is 195 Å². The first-order chi connectivity index (χ1) is 15.7. The van der Waals surface area contributed by atoms with Crippen LogP contribution in [-0.2, 0) is 24.3 Å². The van der Waals surface area contributed by atoms with E-state index in [2.05, 4.69) is 10.9 Å². The molecular weight excluding hydrogens is 474 g/mol. The van der Waals surface area contributed by atoms with Gasteiger partial charge in [0.2, 0.25) is 10.0 Å². The number of halogens is 1. The summed E-state index contributed by atoms with van der Waals surface area (Å²) in [6, 6.07) is 10.4. The van der Waals surface area contributed by atoms with Crippen molar-refractivity contribution in [1.29, 1.82) is 0 Å². The number of ether oxygens (including phenoxy) is 2. The van der Waals surface area contributed by atoms with Crippen molar-refractivity contribution < 1.29 is 32.3 Å². The fourth-order valence-corrected chi connectivity index (χ4v) is 4.82. The molecule has 1 heterocycles. The van der Waals surface area contributed by atoms with E-state index in [1.165, 1.54) is 16.4 Å². The lowest BCUT2D eigenvalue weighted by molar-refractivity contribution is -0.125. The Bertz CT molecular complexity index is 1150. The van der Waals surface area contributed by atoms with Crippen molar-refractivity contribution >= 4 is 39.4 Å². The molecule has 1 saturated heterocycles. The van der Waals surface area contributed by atoms with Crippen molar-refractivity contribution in [1.82, 2.24) is 15.2 Å². The van der Waals surface area contributed by atoms with E-state index in [0.717, 1.165) is 11.6 Å². The lowest BCUT2D eigenvalue weighted by atomic mass is 10.1. The van der Waals surface area contributed by atoms with Crippen molar-refractivity contribution in [2.24, 2.45) is 0 Å². The highest BCUT2D eigenvalue weighted by Crippen LogP contribution is 2.26. The van der Waals surface area contributed by atoms with Gasteiger partial charge in [-0.2, -0.15) is 4.31 Å². The van der Waals surface area contributed by atoms with Crippen LogP contribution in [0.1, 0.15) is 26.3 Å². The summed E-state index contributed by atoms with van der Waals surface area (Å²) in [5.41, 5.74) is 5.57. The van der Waals surface area contributed by atoms with Crippen LogP contribution in [0.4, 0.5) is 0 Å². The van der Waals surface area contributed by atoms with E-state index in [1.54, 1.807) is 24.3 Å². The van der Waals surface area contributed by atoms with Gasteiger partial charge >= 0.3 is 5.97 Å². The number of benzene rings is 2. The number of hydrazine groups is 1. The van der Waals surface area contributed by atoms with Crippen LogP contribution in [0, 0.1) is 6.92 Å². The summed E-state index contributed by atoms with van der Waals surface area (Å²) in [5.74, 6) is -2.24. The first-order valence-electron chi connectivity index (χ1n) is 9.89. The van der Waals surface area contributed by atoms with Crippen LogP contribution in [-0.4, -0.2) is 63.4 Å². The Balaban J connectivity index is 1.57. The maximum atomic E-state index is 12.9. The van der Waals surface area contributed by atoms with E-state index in [-0.39, 0.29) is 41.8 Å². The average Bonchev–Trinajstić information content (AvgIpc) is 2.82. The Kier molecular flexibility index (Phi) is 8.03. The molecule has 0 spiro atoms. The maximum Gasteiger partial charge on any atom is 0.338 e. The Morgan fingerprint density at radius 1 is 1.03 bits per heavy atom. The number of nitrogens with zero attached hydrogens (tertiary/aromatic N) is 1. The molecule has 0 atom stereocenters. The van der Waals surface area contributed by atoms with Crippen molar-refractivity contribution in [3.63, 3.8) is 0 Å². The zero-order chi connectivity index (χ0) is 24.0. The molecule has 0 radical (unpaired) electrons. The summed E-state index contributed by atoms with van der Waals surface area (Å²) in [7, 11) is -3.94. The highest BCUT2D eigenvalue weighted by atomic mass is 35.5. The number of rotatable bonds is 6. The monoisotopic (exact) mass is 495 g/mol. The molecule has 176 valence electrons. The van der Waals surface area contributed by atoms with Crippen LogP contribution in [0.5, 0.6) is 0 Å². The molecule has 2 amide bonds. The molecule has 2 aromatic carbocycles. The number of carbonyl (C=O) groups is 3. The van der Waals surface area contributed by atoms with Gasteiger partial charge in [0.25, 0.3) is 11.8 Å². The Morgan fingerprint density at radius 3 is 2.33 bits per heavy atom. The minimum atomic E-state index is -3.94. The highest BCUT2D eigenvalue weighted by molar-refractivity contribution is 7.89. The van der Waals surface area contributed by atoms with Crippen LogP contribution in [0.25, 0.3) is 0 Å². The first-order valence-corrected chi connectivity index (χ1v) is 11.7. The average molecular weight is 496 g/mol.